The molecule has 1 amide bonds. The minimum Gasteiger partial charge on any atom is -0.336 e. The van der Waals surface area contributed by atoms with Gasteiger partial charge in [0, 0.05) is 38.1 Å². The second-order valence-corrected chi connectivity index (χ2v) is 9.27. The minimum absolute atomic E-state index is 0.00390. The third-order valence-electron chi connectivity index (χ3n) is 5.06. The number of benzene rings is 2. The van der Waals surface area contributed by atoms with E-state index in [-0.39, 0.29) is 47.4 Å². The molecule has 7 nitrogen and oxygen atoms in total. The quantitative estimate of drug-likeness (QED) is 0.603. The summed E-state index contributed by atoms with van der Waals surface area (Å²) in [5.41, 5.74) is 0.806. The van der Waals surface area contributed by atoms with E-state index < -0.39 is 21.7 Å². The molecule has 31 heavy (non-hydrogen) atoms. The maximum Gasteiger partial charge on any atom is 0.272 e. The fourth-order valence-corrected chi connectivity index (χ4v) is 5.11. The topological polar surface area (TPSA) is 78.4 Å². The SMILES string of the molecule is O=C(c1c[nH]c(=S)n1-c1ccc(F)cc1)N1CCN(S(=O)(=O)c2ccc(F)cc2)CC1. The number of carbonyl (C=O) groups is 1. The molecular formula is C20H18F2N4O3S2. The molecule has 0 radical (unpaired) electrons. The molecule has 1 N–H and O–H groups in total. The van der Waals surface area contributed by atoms with Crippen LogP contribution in [0.25, 0.3) is 5.69 Å². The highest BCUT2D eigenvalue weighted by Gasteiger charge is 2.31. The van der Waals surface area contributed by atoms with Crippen LogP contribution in [-0.4, -0.2) is 59.3 Å². The number of aromatic amines is 1. The van der Waals surface area contributed by atoms with Crippen molar-refractivity contribution in [2.75, 3.05) is 26.2 Å². The van der Waals surface area contributed by atoms with Crippen molar-refractivity contribution in [1.29, 1.82) is 0 Å². The van der Waals surface area contributed by atoms with E-state index in [0.29, 0.717) is 5.69 Å². The number of aromatic nitrogens is 2. The fraction of sp³-hybridized carbons (Fsp3) is 0.200. The van der Waals surface area contributed by atoms with Crippen LogP contribution in [0.5, 0.6) is 0 Å². The number of nitrogens with zero attached hydrogens (tertiary/aromatic N) is 3. The van der Waals surface area contributed by atoms with E-state index in [0.717, 1.165) is 12.1 Å². The van der Waals surface area contributed by atoms with Crippen LogP contribution in [0, 0.1) is 16.4 Å². The Bertz CT molecular complexity index is 1260. The van der Waals surface area contributed by atoms with Crippen LogP contribution >= 0.6 is 12.2 Å². The van der Waals surface area contributed by atoms with Gasteiger partial charge in [-0.25, -0.2) is 17.2 Å². The average molecular weight is 465 g/mol. The molecule has 0 spiro atoms. The van der Waals surface area contributed by atoms with Crippen LogP contribution in [-0.2, 0) is 10.0 Å². The number of hydrogen-bond donors (Lipinski definition) is 1. The Hall–Kier alpha value is -2.89. The molecule has 1 saturated heterocycles. The molecule has 1 aliphatic heterocycles. The molecule has 1 aliphatic rings. The monoisotopic (exact) mass is 464 g/mol. The van der Waals surface area contributed by atoms with Gasteiger partial charge in [0.2, 0.25) is 10.0 Å². The molecular weight excluding hydrogens is 446 g/mol. The first kappa shape index (κ1) is 21.3. The molecule has 11 heteroatoms. The lowest BCUT2D eigenvalue weighted by atomic mass is 10.2. The number of nitrogens with one attached hydrogen (secondary N) is 1. The highest BCUT2D eigenvalue weighted by atomic mass is 32.2. The summed E-state index contributed by atoms with van der Waals surface area (Å²) in [5, 5.41) is 0. The molecule has 0 aliphatic carbocycles. The third-order valence-corrected chi connectivity index (χ3v) is 7.27. The Morgan fingerprint density at radius 2 is 1.45 bits per heavy atom. The van der Waals surface area contributed by atoms with Crippen LogP contribution < -0.4 is 0 Å². The van der Waals surface area contributed by atoms with Crippen LogP contribution in [0.3, 0.4) is 0 Å². The number of hydrogen-bond acceptors (Lipinski definition) is 4. The highest BCUT2D eigenvalue weighted by Crippen LogP contribution is 2.20. The van der Waals surface area contributed by atoms with Gasteiger partial charge in [-0.15, -0.1) is 0 Å². The van der Waals surface area contributed by atoms with Gasteiger partial charge in [0.25, 0.3) is 5.91 Å². The first-order chi connectivity index (χ1) is 14.8. The fourth-order valence-electron chi connectivity index (χ4n) is 3.42. The molecule has 4 rings (SSSR count). The summed E-state index contributed by atoms with van der Waals surface area (Å²) in [6.45, 7) is 0.571. The van der Waals surface area contributed by atoms with Gasteiger partial charge in [0.05, 0.1) is 4.90 Å². The first-order valence-electron chi connectivity index (χ1n) is 9.39. The number of sulfonamides is 1. The molecule has 0 saturated carbocycles. The predicted molar refractivity (Wildman–Crippen MR) is 112 cm³/mol. The molecule has 0 atom stereocenters. The number of piperazine rings is 1. The molecule has 0 bridgehead atoms. The van der Waals surface area contributed by atoms with E-state index in [1.165, 1.54) is 56.4 Å². The molecule has 3 aromatic rings. The molecule has 2 aromatic carbocycles. The molecule has 1 aromatic heterocycles. The van der Waals surface area contributed by atoms with Crippen molar-refractivity contribution in [2.24, 2.45) is 0 Å². The van der Waals surface area contributed by atoms with Crippen LogP contribution in [0.4, 0.5) is 8.78 Å². The summed E-state index contributed by atoms with van der Waals surface area (Å²) in [5.74, 6) is -1.25. The van der Waals surface area contributed by atoms with Gasteiger partial charge in [-0.05, 0) is 60.7 Å². The van der Waals surface area contributed by atoms with Crippen LogP contribution in [0.2, 0.25) is 0 Å². The van der Waals surface area contributed by atoms with E-state index in [1.807, 2.05) is 0 Å². The van der Waals surface area contributed by atoms with Gasteiger partial charge in [-0.3, -0.25) is 9.36 Å². The normalized spacial score (nSPS) is 15.2. The number of H-pyrrole nitrogens is 1. The number of rotatable bonds is 4. The van der Waals surface area contributed by atoms with E-state index in [1.54, 1.807) is 0 Å². The zero-order chi connectivity index (χ0) is 22.2. The second kappa shape index (κ2) is 8.33. The van der Waals surface area contributed by atoms with Crippen molar-refractivity contribution in [2.45, 2.75) is 4.90 Å². The summed E-state index contributed by atoms with van der Waals surface area (Å²) in [6, 6.07) is 10.2. The standard InChI is InChI=1S/C20H18F2N4O3S2/c21-14-1-5-16(6-2-14)26-18(13-23-20(26)30)19(27)24-9-11-25(12-10-24)31(28,29)17-7-3-15(22)4-8-17/h1-8,13H,9-12H2,(H,23,30). The smallest absolute Gasteiger partial charge is 0.272 e. The van der Waals surface area contributed by atoms with Gasteiger partial charge in [0.1, 0.15) is 17.3 Å². The Balaban J connectivity index is 1.51. The molecule has 0 unspecified atom stereocenters. The Labute approximate surface area is 182 Å². The van der Waals surface area contributed by atoms with Crippen molar-refractivity contribution in [3.05, 3.63) is 76.8 Å². The number of halogens is 2. The van der Waals surface area contributed by atoms with E-state index in [9.17, 15) is 22.0 Å². The molecule has 1 fully saturated rings. The summed E-state index contributed by atoms with van der Waals surface area (Å²) in [7, 11) is -3.78. The van der Waals surface area contributed by atoms with Gasteiger partial charge in [-0.2, -0.15) is 4.31 Å². The number of imidazole rings is 1. The van der Waals surface area contributed by atoms with Gasteiger partial charge >= 0.3 is 0 Å². The lowest BCUT2D eigenvalue weighted by Crippen LogP contribution is -2.50. The van der Waals surface area contributed by atoms with Crippen molar-refractivity contribution in [1.82, 2.24) is 18.8 Å². The lowest BCUT2D eigenvalue weighted by Gasteiger charge is -2.34. The van der Waals surface area contributed by atoms with Crippen molar-refractivity contribution in [3.63, 3.8) is 0 Å². The molecule has 162 valence electrons. The average Bonchev–Trinajstić information content (AvgIpc) is 3.15. The zero-order valence-electron chi connectivity index (χ0n) is 16.2. The lowest BCUT2D eigenvalue weighted by molar-refractivity contribution is 0.0689. The maximum atomic E-state index is 13.3. The van der Waals surface area contributed by atoms with Gasteiger partial charge in [-0.1, -0.05) is 0 Å². The van der Waals surface area contributed by atoms with Gasteiger partial charge < -0.3 is 9.88 Å². The third kappa shape index (κ3) is 4.16. The summed E-state index contributed by atoms with van der Waals surface area (Å²) in [4.78, 5) is 17.5. The number of carbonyl (C=O) groups excluding carboxylic acids is 1. The maximum absolute atomic E-state index is 13.3. The van der Waals surface area contributed by atoms with E-state index in [4.69, 9.17) is 12.2 Å². The molecule has 2 heterocycles. The Morgan fingerprint density at radius 1 is 0.903 bits per heavy atom. The highest BCUT2D eigenvalue weighted by molar-refractivity contribution is 7.89. The number of amides is 1. The van der Waals surface area contributed by atoms with Crippen molar-refractivity contribution in [3.8, 4) is 5.69 Å². The van der Waals surface area contributed by atoms with Crippen molar-refractivity contribution < 1.29 is 22.0 Å². The zero-order valence-corrected chi connectivity index (χ0v) is 17.8. The van der Waals surface area contributed by atoms with Crippen LogP contribution in [0.15, 0.2) is 59.6 Å². The minimum atomic E-state index is -3.78. The summed E-state index contributed by atoms with van der Waals surface area (Å²) < 4.78 is 55.0. The summed E-state index contributed by atoms with van der Waals surface area (Å²) in [6.07, 6.45) is 1.48. The van der Waals surface area contributed by atoms with E-state index >= 15 is 0 Å². The Kier molecular flexibility index (Phi) is 5.73. The van der Waals surface area contributed by atoms with E-state index in [2.05, 4.69) is 4.98 Å². The summed E-state index contributed by atoms with van der Waals surface area (Å²) >= 11 is 5.27. The van der Waals surface area contributed by atoms with Gasteiger partial charge in [0.15, 0.2) is 4.77 Å². The van der Waals surface area contributed by atoms with Crippen LogP contribution in [0.1, 0.15) is 10.5 Å². The first-order valence-corrected chi connectivity index (χ1v) is 11.2. The predicted octanol–water partition coefficient (Wildman–Crippen LogP) is 2.96. The largest absolute Gasteiger partial charge is 0.336 e. The van der Waals surface area contributed by atoms with Crippen molar-refractivity contribution >= 4 is 28.1 Å². The Morgan fingerprint density at radius 3 is 2.03 bits per heavy atom. The second-order valence-electron chi connectivity index (χ2n) is 6.94.